The molecular formula is C12H22N4O3. The van der Waals surface area contributed by atoms with Crippen molar-refractivity contribution in [2.24, 2.45) is 7.05 Å². The zero-order valence-corrected chi connectivity index (χ0v) is 11.9. The Hall–Kier alpha value is -1.60. The predicted molar refractivity (Wildman–Crippen MR) is 71.8 cm³/mol. The van der Waals surface area contributed by atoms with E-state index in [1.165, 1.54) is 16.7 Å². The molecule has 7 heteroatoms. The Morgan fingerprint density at radius 1 is 1.63 bits per heavy atom. The van der Waals surface area contributed by atoms with E-state index in [0.29, 0.717) is 23.5 Å². The molecule has 0 aliphatic heterocycles. The maximum absolute atomic E-state index is 12.3. The molecule has 0 saturated carbocycles. The van der Waals surface area contributed by atoms with Crippen LogP contribution in [-0.2, 0) is 18.2 Å². The number of hydrogen-bond donors (Lipinski definition) is 2. The Bertz CT molecular complexity index is 444. The quantitative estimate of drug-likeness (QED) is 0.736. The fraction of sp³-hybridized carbons (Fsp3) is 0.667. The molecule has 1 amide bonds. The minimum Gasteiger partial charge on any atom is -0.395 e. The summed E-state index contributed by atoms with van der Waals surface area (Å²) in [6.45, 7) is 2.29. The Morgan fingerprint density at radius 3 is 2.74 bits per heavy atom. The van der Waals surface area contributed by atoms with E-state index in [0.717, 1.165) is 0 Å². The third kappa shape index (κ3) is 3.45. The first-order valence-electron chi connectivity index (χ1n) is 6.16. The molecule has 7 nitrogen and oxygen atoms in total. The van der Waals surface area contributed by atoms with Crippen LogP contribution in [0.15, 0.2) is 0 Å². The lowest BCUT2D eigenvalue weighted by atomic mass is 10.2. The molecule has 108 valence electrons. The van der Waals surface area contributed by atoms with Crippen LogP contribution in [-0.4, -0.2) is 59.1 Å². The average Bonchev–Trinajstić information content (AvgIpc) is 2.63. The number of carbonyl (C=O) groups is 1. The van der Waals surface area contributed by atoms with E-state index in [9.17, 15) is 9.90 Å². The van der Waals surface area contributed by atoms with Crippen molar-refractivity contribution in [3.05, 3.63) is 11.4 Å². The summed E-state index contributed by atoms with van der Waals surface area (Å²) in [5.41, 5.74) is 7.39. The molecule has 1 unspecified atom stereocenters. The number of ether oxygens (including phenoxy) is 1. The highest BCUT2D eigenvalue weighted by atomic mass is 16.5. The summed E-state index contributed by atoms with van der Waals surface area (Å²) in [6.07, 6.45) is -0.0535. The summed E-state index contributed by atoms with van der Waals surface area (Å²) < 4.78 is 6.31. The van der Waals surface area contributed by atoms with Gasteiger partial charge in [-0.05, 0) is 6.42 Å². The van der Waals surface area contributed by atoms with Gasteiger partial charge in [0.05, 0.1) is 24.1 Å². The maximum Gasteiger partial charge on any atom is 0.274 e. The van der Waals surface area contributed by atoms with E-state index in [1.54, 1.807) is 14.1 Å². The normalized spacial score (nSPS) is 12.5. The van der Waals surface area contributed by atoms with Gasteiger partial charge in [-0.3, -0.25) is 9.48 Å². The largest absolute Gasteiger partial charge is 0.395 e. The molecule has 0 aliphatic carbocycles. The lowest BCUT2D eigenvalue weighted by Crippen LogP contribution is -2.37. The van der Waals surface area contributed by atoms with Gasteiger partial charge in [-0.2, -0.15) is 5.10 Å². The third-order valence-electron chi connectivity index (χ3n) is 2.89. The Kier molecular flexibility index (Phi) is 5.31. The van der Waals surface area contributed by atoms with Crippen molar-refractivity contribution in [2.75, 3.05) is 33.0 Å². The minimum absolute atomic E-state index is 0.179. The van der Waals surface area contributed by atoms with Crippen LogP contribution in [0.25, 0.3) is 0 Å². The molecule has 0 aromatic carbocycles. The van der Waals surface area contributed by atoms with E-state index in [4.69, 9.17) is 10.5 Å². The first-order valence-corrected chi connectivity index (χ1v) is 6.16. The zero-order valence-electron chi connectivity index (χ0n) is 11.9. The van der Waals surface area contributed by atoms with Crippen LogP contribution in [0.2, 0.25) is 0 Å². The van der Waals surface area contributed by atoms with Crippen LogP contribution < -0.4 is 5.73 Å². The third-order valence-corrected chi connectivity index (χ3v) is 2.89. The van der Waals surface area contributed by atoms with Crippen LogP contribution >= 0.6 is 0 Å². The molecule has 1 heterocycles. The lowest BCUT2D eigenvalue weighted by Gasteiger charge is -2.20. The van der Waals surface area contributed by atoms with Crippen LogP contribution in [0, 0.1) is 0 Å². The summed E-state index contributed by atoms with van der Waals surface area (Å²) in [6, 6.07) is 0. The summed E-state index contributed by atoms with van der Waals surface area (Å²) in [7, 11) is 4.79. The van der Waals surface area contributed by atoms with Crippen molar-refractivity contribution in [1.82, 2.24) is 14.7 Å². The highest BCUT2D eigenvalue weighted by molar-refractivity contribution is 5.97. The summed E-state index contributed by atoms with van der Waals surface area (Å²) in [4.78, 5) is 13.7. The van der Waals surface area contributed by atoms with Crippen LogP contribution in [0.4, 0.5) is 5.69 Å². The summed E-state index contributed by atoms with van der Waals surface area (Å²) in [5, 5.41) is 13.8. The fourth-order valence-electron chi connectivity index (χ4n) is 1.94. The van der Waals surface area contributed by atoms with Crippen molar-refractivity contribution < 1.29 is 14.6 Å². The van der Waals surface area contributed by atoms with Crippen molar-refractivity contribution in [3.8, 4) is 0 Å². The van der Waals surface area contributed by atoms with Gasteiger partial charge in [0.15, 0.2) is 0 Å². The van der Waals surface area contributed by atoms with Gasteiger partial charge in [-0.1, -0.05) is 6.92 Å². The van der Waals surface area contributed by atoms with E-state index in [-0.39, 0.29) is 19.1 Å². The number of hydrogen-bond acceptors (Lipinski definition) is 5. The van der Waals surface area contributed by atoms with E-state index < -0.39 is 6.10 Å². The van der Waals surface area contributed by atoms with Gasteiger partial charge in [0.25, 0.3) is 5.91 Å². The molecule has 1 rings (SSSR count). The van der Waals surface area contributed by atoms with Gasteiger partial charge in [-0.25, -0.2) is 0 Å². The highest BCUT2D eigenvalue weighted by Crippen LogP contribution is 2.18. The number of nitrogen functional groups attached to an aromatic ring is 1. The van der Waals surface area contributed by atoms with Gasteiger partial charge in [0, 0.05) is 27.7 Å². The average molecular weight is 270 g/mol. The number of anilines is 1. The number of aliphatic hydroxyl groups is 1. The topological polar surface area (TPSA) is 93.6 Å². The number of likely N-dealkylation sites (N-methyl/N-ethyl adjacent to an activating group) is 1. The number of amides is 1. The van der Waals surface area contributed by atoms with E-state index in [2.05, 4.69) is 5.10 Å². The second-order valence-corrected chi connectivity index (χ2v) is 4.48. The molecule has 3 N–H and O–H groups in total. The highest BCUT2D eigenvalue weighted by Gasteiger charge is 2.23. The van der Waals surface area contributed by atoms with Gasteiger partial charge in [0.2, 0.25) is 0 Å². The first kappa shape index (κ1) is 15.5. The number of carbonyl (C=O) groups excluding carboxylic acids is 1. The van der Waals surface area contributed by atoms with E-state index >= 15 is 0 Å². The fourth-order valence-corrected chi connectivity index (χ4v) is 1.94. The Balaban J connectivity index is 2.85. The monoisotopic (exact) mass is 270 g/mol. The molecule has 0 aliphatic rings. The summed E-state index contributed by atoms with van der Waals surface area (Å²) >= 11 is 0. The molecule has 1 aromatic rings. The van der Waals surface area contributed by atoms with Gasteiger partial charge in [-0.15, -0.1) is 0 Å². The number of nitrogens with zero attached hydrogens (tertiary/aromatic N) is 3. The predicted octanol–water partition coefficient (Wildman–Crippen LogP) is -0.356. The molecule has 0 radical (unpaired) electrons. The number of methoxy groups -OCH3 is 1. The van der Waals surface area contributed by atoms with Crippen molar-refractivity contribution in [3.63, 3.8) is 0 Å². The molecule has 0 saturated heterocycles. The van der Waals surface area contributed by atoms with Crippen molar-refractivity contribution >= 4 is 11.6 Å². The van der Waals surface area contributed by atoms with Crippen LogP contribution in [0.1, 0.15) is 23.1 Å². The van der Waals surface area contributed by atoms with Gasteiger partial charge in [0.1, 0.15) is 5.69 Å². The Morgan fingerprint density at radius 2 is 2.26 bits per heavy atom. The second-order valence-electron chi connectivity index (χ2n) is 4.48. The maximum atomic E-state index is 12.3. The number of aliphatic hydroxyl groups excluding tert-OH is 1. The van der Waals surface area contributed by atoms with Crippen LogP contribution in [0.3, 0.4) is 0 Å². The number of aromatic nitrogens is 2. The van der Waals surface area contributed by atoms with Gasteiger partial charge < -0.3 is 20.5 Å². The molecule has 0 spiro atoms. The van der Waals surface area contributed by atoms with Crippen molar-refractivity contribution in [1.29, 1.82) is 0 Å². The van der Waals surface area contributed by atoms with Crippen LogP contribution in [0.5, 0.6) is 0 Å². The van der Waals surface area contributed by atoms with E-state index in [1.807, 2.05) is 6.92 Å². The Labute approximate surface area is 112 Å². The van der Waals surface area contributed by atoms with Crippen molar-refractivity contribution in [2.45, 2.75) is 19.4 Å². The molecule has 0 bridgehead atoms. The SMILES string of the molecule is CCc1nn(C)c(C(=O)N(C)CC(O)COC)c1N. The molecular weight excluding hydrogens is 248 g/mol. The zero-order chi connectivity index (χ0) is 14.6. The number of nitrogens with two attached hydrogens (primary N) is 1. The van der Waals surface area contributed by atoms with Gasteiger partial charge >= 0.3 is 0 Å². The molecule has 0 fully saturated rings. The molecule has 1 atom stereocenters. The first-order chi connectivity index (χ1) is 8.92. The lowest BCUT2D eigenvalue weighted by molar-refractivity contribution is 0.0376. The smallest absolute Gasteiger partial charge is 0.274 e. The summed E-state index contributed by atoms with van der Waals surface area (Å²) in [5.74, 6) is -0.262. The minimum atomic E-state index is -0.723. The second kappa shape index (κ2) is 6.53. The molecule has 1 aromatic heterocycles. The standard InChI is InChI=1S/C12H22N4O3/c1-5-9-10(13)11(16(3)14-9)12(18)15(2)6-8(17)7-19-4/h8,17H,5-7,13H2,1-4H3. The molecule has 19 heavy (non-hydrogen) atoms. The number of aryl methyl sites for hydroxylation is 2. The number of rotatable bonds is 6.